The number of carbonyl (C=O) groups excluding carboxylic acids is 5. The molecule has 0 aliphatic rings. The number of hydrogen-bond donors (Lipinski definition) is 8. The molecule has 0 heterocycles. The van der Waals surface area contributed by atoms with Gasteiger partial charge in [-0.05, 0) is 20.8 Å². The molecule has 4 atom stereocenters. The van der Waals surface area contributed by atoms with Crippen molar-refractivity contribution in [2.24, 2.45) is 5.73 Å². The quantitative estimate of drug-likeness (QED) is 0.148. The average molecular weight is 432 g/mol. The highest BCUT2D eigenvalue weighted by atomic mass is 16.4. The van der Waals surface area contributed by atoms with Crippen LogP contribution in [-0.4, -0.2) is 89.6 Å². The van der Waals surface area contributed by atoms with Gasteiger partial charge in [0.2, 0.25) is 29.5 Å². The molecule has 0 aliphatic heterocycles. The van der Waals surface area contributed by atoms with Crippen molar-refractivity contribution in [1.29, 1.82) is 0 Å². The fourth-order valence-electron chi connectivity index (χ4n) is 1.85. The second kappa shape index (κ2) is 13.1. The summed E-state index contributed by atoms with van der Waals surface area (Å²) in [6, 6.07) is -4.45. The largest absolute Gasteiger partial charge is 0.480 e. The molecule has 0 rings (SSSR count). The van der Waals surface area contributed by atoms with Gasteiger partial charge in [-0.2, -0.15) is 0 Å². The first kappa shape index (κ1) is 26.7. The molecule has 0 fully saturated rings. The van der Waals surface area contributed by atoms with Gasteiger partial charge in [-0.15, -0.1) is 0 Å². The normalized spacial score (nSPS) is 14.3. The van der Waals surface area contributed by atoms with Crippen molar-refractivity contribution in [1.82, 2.24) is 26.6 Å². The van der Waals surface area contributed by atoms with E-state index in [-0.39, 0.29) is 6.54 Å². The SMILES string of the molecule is C[C@H](N)C(=O)NCC(=O)N[C@@H](C)C(=O)NCC(=O)N[C@@H](C)C(=O)N[C@@H](CO)C(=O)O. The van der Waals surface area contributed by atoms with Crippen molar-refractivity contribution < 1.29 is 39.0 Å². The first-order valence-electron chi connectivity index (χ1n) is 8.92. The van der Waals surface area contributed by atoms with E-state index in [1.165, 1.54) is 20.8 Å². The molecule has 170 valence electrons. The van der Waals surface area contributed by atoms with Gasteiger partial charge >= 0.3 is 5.97 Å². The van der Waals surface area contributed by atoms with Crippen LogP contribution in [0.2, 0.25) is 0 Å². The number of aliphatic carboxylic acids is 1. The number of nitrogens with one attached hydrogen (secondary N) is 5. The third kappa shape index (κ3) is 10.3. The van der Waals surface area contributed by atoms with Gasteiger partial charge in [-0.25, -0.2) is 4.79 Å². The topological polar surface area (TPSA) is 229 Å². The van der Waals surface area contributed by atoms with Gasteiger partial charge in [-0.3, -0.25) is 24.0 Å². The number of rotatable bonds is 12. The van der Waals surface area contributed by atoms with Crippen molar-refractivity contribution in [2.45, 2.75) is 44.9 Å². The van der Waals surface area contributed by atoms with E-state index in [1.807, 2.05) is 5.32 Å². The maximum atomic E-state index is 11.9. The summed E-state index contributed by atoms with van der Waals surface area (Å²) in [4.78, 5) is 69.3. The number of nitrogens with two attached hydrogens (primary N) is 1. The van der Waals surface area contributed by atoms with Crippen molar-refractivity contribution in [3.8, 4) is 0 Å². The van der Waals surface area contributed by atoms with Crippen LogP contribution in [0.15, 0.2) is 0 Å². The number of carbonyl (C=O) groups is 6. The van der Waals surface area contributed by atoms with Gasteiger partial charge in [-0.1, -0.05) is 0 Å². The Morgan fingerprint density at radius 1 is 0.767 bits per heavy atom. The number of aliphatic hydroxyl groups excluding tert-OH is 1. The Hall–Kier alpha value is -3.26. The highest BCUT2D eigenvalue weighted by Gasteiger charge is 2.23. The molecule has 0 spiro atoms. The maximum absolute atomic E-state index is 11.9. The highest BCUT2D eigenvalue weighted by Crippen LogP contribution is 1.88. The summed E-state index contributed by atoms with van der Waals surface area (Å²) in [6.45, 7) is 2.36. The van der Waals surface area contributed by atoms with Gasteiger partial charge in [0.15, 0.2) is 0 Å². The van der Waals surface area contributed by atoms with Crippen LogP contribution in [0.5, 0.6) is 0 Å². The molecule has 0 radical (unpaired) electrons. The monoisotopic (exact) mass is 432 g/mol. The van der Waals surface area contributed by atoms with E-state index >= 15 is 0 Å². The molecule has 0 bridgehead atoms. The lowest BCUT2D eigenvalue weighted by Gasteiger charge is -2.18. The van der Waals surface area contributed by atoms with Crippen LogP contribution in [0.25, 0.3) is 0 Å². The lowest BCUT2D eigenvalue weighted by Crippen LogP contribution is -2.54. The predicted octanol–water partition coefficient (Wildman–Crippen LogP) is -4.86. The average Bonchev–Trinajstić information content (AvgIpc) is 2.67. The summed E-state index contributed by atoms with van der Waals surface area (Å²) in [5.74, 6) is -4.90. The van der Waals surface area contributed by atoms with E-state index in [0.717, 1.165) is 0 Å². The summed E-state index contributed by atoms with van der Waals surface area (Å²) in [5, 5.41) is 28.7. The molecule has 5 amide bonds. The Bertz CT molecular complexity index is 668. The third-order valence-corrected chi connectivity index (χ3v) is 3.60. The van der Waals surface area contributed by atoms with Gasteiger partial charge < -0.3 is 42.5 Å². The van der Waals surface area contributed by atoms with Gasteiger partial charge in [0.05, 0.1) is 25.7 Å². The van der Waals surface area contributed by atoms with Gasteiger partial charge in [0.1, 0.15) is 18.1 Å². The molecule has 14 nitrogen and oxygen atoms in total. The van der Waals surface area contributed by atoms with E-state index in [1.54, 1.807) is 0 Å². The second-order valence-electron chi connectivity index (χ2n) is 6.38. The van der Waals surface area contributed by atoms with Crippen molar-refractivity contribution in [3.63, 3.8) is 0 Å². The van der Waals surface area contributed by atoms with Gasteiger partial charge in [0, 0.05) is 0 Å². The fraction of sp³-hybridized carbons (Fsp3) is 0.625. The number of carboxylic acids is 1. The zero-order valence-electron chi connectivity index (χ0n) is 16.9. The second-order valence-corrected chi connectivity index (χ2v) is 6.38. The molecule has 0 aromatic carbocycles. The Morgan fingerprint density at radius 2 is 1.20 bits per heavy atom. The summed E-state index contributed by atoms with van der Waals surface area (Å²) >= 11 is 0. The minimum absolute atomic E-state index is 0.379. The van der Waals surface area contributed by atoms with Crippen molar-refractivity contribution >= 4 is 35.5 Å². The lowest BCUT2D eigenvalue weighted by atomic mass is 10.2. The third-order valence-electron chi connectivity index (χ3n) is 3.60. The maximum Gasteiger partial charge on any atom is 0.328 e. The predicted molar refractivity (Wildman–Crippen MR) is 102 cm³/mol. The first-order valence-corrected chi connectivity index (χ1v) is 8.92. The smallest absolute Gasteiger partial charge is 0.328 e. The Balaban J connectivity index is 4.34. The van der Waals surface area contributed by atoms with Crippen LogP contribution in [0.4, 0.5) is 0 Å². The Kier molecular flexibility index (Phi) is 11.6. The number of aliphatic hydroxyl groups is 1. The summed E-state index contributed by atoms with van der Waals surface area (Å²) < 4.78 is 0. The van der Waals surface area contributed by atoms with Crippen molar-refractivity contribution in [2.75, 3.05) is 19.7 Å². The highest BCUT2D eigenvalue weighted by molar-refractivity contribution is 5.94. The van der Waals surface area contributed by atoms with Crippen LogP contribution in [-0.2, 0) is 28.8 Å². The van der Waals surface area contributed by atoms with E-state index < -0.39 is 72.8 Å². The number of hydrogen-bond acceptors (Lipinski definition) is 8. The number of carboxylic acid groups (broad SMARTS) is 1. The molecule has 0 aromatic heterocycles. The van der Waals surface area contributed by atoms with E-state index in [2.05, 4.69) is 21.3 Å². The molecule has 0 saturated heterocycles. The van der Waals surface area contributed by atoms with E-state index in [9.17, 15) is 28.8 Å². The molecule has 9 N–H and O–H groups in total. The zero-order chi connectivity index (χ0) is 23.4. The molecule has 14 heteroatoms. The van der Waals surface area contributed by atoms with Crippen LogP contribution in [0.1, 0.15) is 20.8 Å². The molecular weight excluding hydrogens is 404 g/mol. The summed E-state index contributed by atoms with van der Waals surface area (Å²) in [7, 11) is 0. The zero-order valence-corrected chi connectivity index (χ0v) is 16.9. The number of amides is 5. The molecule has 0 saturated carbocycles. The van der Waals surface area contributed by atoms with Crippen molar-refractivity contribution in [3.05, 3.63) is 0 Å². The fourth-order valence-corrected chi connectivity index (χ4v) is 1.85. The van der Waals surface area contributed by atoms with E-state index in [4.69, 9.17) is 15.9 Å². The van der Waals surface area contributed by atoms with E-state index in [0.29, 0.717) is 0 Å². The summed E-state index contributed by atoms with van der Waals surface area (Å²) in [5.41, 5.74) is 5.33. The molecule has 0 aliphatic carbocycles. The molecule has 0 aromatic rings. The van der Waals surface area contributed by atoms with Crippen LogP contribution < -0.4 is 32.3 Å². The lowest BCUT2D eigenvalue weighted by molar-refractivity contribution is -0.143. The minimum Gasteiger partial charge on any atom is -0.480 e. The van der Waals surface area contributed by atoms with Crippen LogP contribution >= 0.6 is 0 Å². The molecule has 30 heavy (non-hydrogen) atoms. The van der Waals surface area contributed by atoms with Crippen LogP contribution in [0.3, 0.4) is 0 Å². The minimum atomic E-state index is -1.51. The Labute approximate surface area is 172 Å². The van der Waals surface area contributed by atoms with Crippen LogP contribution in [0, 0.1) is 0 Å². The first-order chi connectivity index (χ1) is 13.9. The van der Waals surface area contributed by atoms with Gasteiger partial charge in [0.25, 0.3) is 0 Å². The molecule has 0 unspecified atom stereocenters. The standard InChI is InChI=1S/C16H28N6O8/c1-7(17)13(26)18-4-11(24)20-8(2)14(27)19-5-12(25)21-9(3)15(28)22-10(6-23)16(29)30/h7-10,23H,4-6,17H2,1-3H3,(H,18,26)(H,19,27)(H,20,24)(H,21,25)(H,22,28)(H,29,30)/t7-,8-,9-,10-/m0/s1. The Morgan fingerprint density at radius 3 is 1.60 bits per heavy atom. The summed E-state index contributed by atoms with van der Waals surface area (Å²) in [6.07, 6.45) is 0. The molecular formula is C16H28N6O8.